The molecule has 0 saturated heterocycles. The average molecular weight is 239 g/mol. The van der Waals surface area contributed by atoms with Crippen molar-refractivity contribution in [1.29, 1.82) is 5.26 Å². The zero-order chi connectivity index (χ0) is 13.0. The molecule has 0 unspecified atom stereocenters. The first-order valence-corrected chi connectivity index (χ1v) is 5.78. The Balaban J connectivity index is 2.48. The number of nitriles is 1. The molecule has 1 heterocycles. The Morgan fingerprint density at radius 2 is 2.17 bits per heavy atom. The van der Waals surface area contributed by atoms with Crippen LogP contribution in [0, 0.1) is 11.3 Å². The summed E-state index contributed by atoms with van der Waals surface area (Å²) in [5.74, 6) is -0.150. The number of rotatable bonds is 3. The zero-order valence-corrected chi connectivity index (χ0v) is 10.1. The van der Waals surface area contributed by atoms with Crippen molar-refractivity contribution >= 4 is 16.8 Å². The Hall–Kier alpha value is -2.41. The minimum atomic E-state index is -0.150. The molecule has 2 rings (SSSR count). The maximum Gasteiger partial charge on any atom is 0.256 e. The van der Waals surface area contributed by atoms with E-state index < -0.39 is 0 Å². The van der Waals surface area contributed by atoms with E-state index in [-0.39, 0.29) is 12.5 Å². The van der Waals surface area contributed by atoms with E-state index in [1.165, 1.54) is 4.90 Å². The van der Waals surface area contributed by atoms with Crippen LogP contribution in [0.1, 0.15) is 17.3 Å². The summed E-state index contributed by atoms with van der Waals surface area (Å²) >= 11 is 0. The van der Waals surface area contributed by atoms with Gasteiger partial charge >= 0.3 is 0 Å². The van der Waals surface area contributed by atoms with E-state index in [0.29, 0.717) is 17.6 Å². The first kappa shape index (κ1) is 12.1. The molecule has 18 heavy (non-hydrogen) atoms. The lowest BCUT2D eigenvalue weighted by Gasteiger charge is -2.17. The van der Waals surface area contributed by atoms with Gasteiger partial charge in [0.15, 0.2) is 0 Å². The first-order valence-electron chi connectivity index (χ1n) is 5.78. The number of carbonyl (C=O) groups is 1. The summed E-state index contributed by atoms with van der Waals surface area (Å²) in [6, 6.07) is 11.3. The molecular weight excluding hydrogens is 226 g/mol. The van der Waals surface area contributed by atoms with Gasteiger partial charge in [-0.2, -0.15) is 5.26 Å². The Bertz CT molecular complexity index is 610. The normalized spacial score (nSPS) is 10.0. The predicted molar refractivity (Wildman–Crippen MR) is 68.9 cm³/mol. The van der Waals surface area contributed by atoms with E-state index in [1.807, 2.05) is 37.3 Å². The van der Waals surface area contributed by atoms with Crippen LogP contribution in [0.25, 0.3) is 10.9 Å². The molecule has 0 fully saturated rings. The summed E-state index contributed by atoms with van der Waals surface area (Å²) in [5.41, 5.74) is 1.23. The molecule has 1 aromatic heterocycles. The Morgan fingerprint density at radius 3 is 2.89 bits per heavy atom. The molecule has 1 amide bonds. The van der Waals surface area contributed by atoms with Gasteiger partial charge in [0.25, 0.3) is 5.91 Å². The van der Waals surface area contributed by atoms with Crippen molar-refractivity contribution in [2.45, 2.75) is 6.92 Å². The summed E-state index contributed by atoms with van der Waals surface area (Å²) in [6.45, 7) is 2.46. The number of carbonyl (C=O) groups excluding carboxylic acids is 1. The molecule has 4 nitrogen and oxygen atoms in total. The van der Waals surface area contributed by atoms with Crippen LogP contribution in [-0.2, 0) is 0 Å². The predicted octanol–water partition coefficient (Wildman–Crippen LogP) is 2.22. The molecule has 0 aliphatic carbocycles. The van der Waals surface area contributed by atoms with Crippen molar-refractivity contribution in [3.05, 3.63) is 42.1 Å². The van der Waals surface area contributed by atoms with Gasteiger partial charge in [0, 0.05) is 18.1 Å². The minimum Gasteiger partial charge on any atom is -0.326 e. The second-order valence-corrected chi connectivity index (χ2v) is 3.86. The van der Waals surface area contributed by atoms with Gasteiger partial charge in [-0.1, -0.05) is 18.2 Å². The van der Waals surface area contributed by atoms with Crippen molar-refractivity contribution in [1.82, 2.24) is 9.88 Å². The van der Waals surface area contributed by atoms with Crippen LogP contribution >= 0.6 is 0 Å². The van der Waals surface area contributed by atoms with Gasteiger partial charge in [-0.05, 0) is 19.1 Å². The van der Waals surface area contributed by atoms with E-state index in [9.17, 15) is 4.79 Å². The van der Waals surface area contributed by atoms with Gasteiger partial charge < -0.3 is 4.90 Å². The van der Waals surface area contributed by atoms with Gasteiger partial charge in [0.1, 0.15) is 6.54 Å². The molecule has 2 aromatic rings. The third-order valence-electron chi connectivity index (χ3n) is 2.79. The third kappa shape index (κ3) is 2.16. The molecular formula is C14H13N3O. The van der Waals surface area contributed by atoms with Crippen LogP contribution in [0.3, 0.4) is 0 Å². The maximum absolute atomic E-state index is 12.3. The molecule has 0 radical (unpaired) electrons. The van der Waals surface area contributed by atoms with Gasteiger partial charge in [-0.25, -0.2) is 0 Å². The lowest BCUT2D eigenvalue weighted by molar-refractivity contribution is 0.0786. The highest BCUT2D eigenvalue weighted by atomic mass is 16.2. The zero-order valence-electron chi connectivity index (χ0n) is 10.1. The van der Waals surface area contributed by atoms with E-state index in [0.717, 1.165) is 5.39 Å². The fourth-order valence-electron chi connectivity index (χ4n) is 1.86. The Morgan fingerprint density at radius 1 is 1.39 bits per heavy atom. The fraction of sp³-hybridized carbons (Fsp3) is 0.214. The lowest BCUT2D eigenvalue weighted by Crippen LogP contribution is -2.31. The summed E-state index contributed by atoms with van der Waals surface area (Å²) < 4.78 is 0. The third-order valence-corrected chi connectivity index (χ3v) is 2.79. The number of aromatic nitrogens is 1. The van der Waals surface area contributed by atoms with Crippen LogP contribution in [-0.4, -0.2) is 28.9 Å². The van der Waals surface area contributed by atoms with E-state index in [2.05, 4.69) is 4.98 Å². The minimum absolute atomic E-state index is 0.0958. The van der Waals surface area contributed by atoms with Crippen LogP contribution < -0.4 is 0 Å². The van der Waals surface area contributed by atoms with Crippen molar-refractivity contribution in [3.8, 4) is 6.07 Å². The molecule has 0 atom stereocenters. The second kappa shape index (κ2) is 5.28. The summed E-state index contributed by atoms with van der Waals surface area (Å²) in [7, 11) is 0. The quantitative estimate of drug-likeness (QED) is 0.772. The number of hydrogen-bond donors (Lipinski definition) is 0. The lowest BCUT2D eigenvalue weighted by atomic mass is 10.1. The maximum atomic E-state index is 12.3. The molecule has 0 spiro atoms. The largest absolute Gasteiger partial charge is 0.326 e. The number of fused-ring (bicyclic) bond motifs is 1. The molecule has 0 saturated carbocycles. The number of benzene rings is 1. The summed E-state index contributed by atoms with van der Waals surface area (Å²) in [5, 5.41) is 9.64. The van der Waals surface area contributed by atoms with Crippen molar-refractivity contribution in [2.75, 3.05) is 13.1 Å². The highest BCUT2D eigenvalue weighted by molar-refractivity contribution is 6.05. The van der Waals surface area contributed by atoms with Gasteiger partial charge in [-0.3, -0.25) is 9.78 Å². The van der Waals surface area contributed by atoms with Gasteiger partial charge in [-0.15, -0.1) is 0 Å². The number of hydrogen-bond acceptors (Lipinski definition) is 3. The number of pyridine rings is 1. The highest BCUT2D eigenvalue weighted by Gasteiger charge is 2.16. The summed E-state index contributed by atoms with van der Waals surface area (Å²) in [6.07, 6.45) is 1.67. The molecule has 0 N–H and O–H groups in total. The Labute approximate surface area is 105 Å². The molecule has 0 bridgehead atoms. The molecule has 0 aliphatic heterocycles. The fourth-order valence-corrected chi connectivity index (χ4v) is 1.86. The average Bonchev–Trinajstić information content (AvgIpc) is 2.43. The van der Waals surface area contributed by atoms with E-state index in [4.69, 9.17) is 5.26 Å². The Kier molecular flexibility index (Phi) is 3.54. The van der Waals surface area contributed by atoms with Gasteiger partial charge in [0.2, 0.25) is 0 Å². The highest BCUT2D eigenvalue weighted by Crippen LogP contribution is 2.17. The first-order chi connectivity index (χ1) is 8.77. The van der Waals surface area contributed by atoms with Crippen LogP contribution in [0.15, 0.2) is 36.5 Å². The molecule has 1 aromatic carbocycles. The number of para-hydroxylation sites is 1. The SMILES string of the molecule is CCN(CC#N)C(=O)c1cccc2cccnc12. The smallest absolute Gasteiger partial charge is 0.256 e. The molecule has 4 heteroatoms. The molecule has 0 aliphatic rings. The van der Waals surface area contributed by atoms with Crippen molar-refractivity contribution in [3.63, 3.8) is 0 Å². The van der Waals surface area contributed by atoms with Gasteiger partial charge in [0.05, 0.1) is 17.1 Å². The topological polar surface area (TPSA) is 57.0 Å². The van der Waals surface area contributed by atoms with E-state index in [1.54, 1.807) is 12.3 Å². The summed E-state index contributed by atoms with van der Waals surface area (Å²) in [4.78, 5) is 18.1. The monoisotopic (exact) mass is 239 g/mol. The molecule has 90 valence electrons. The van der Waals surface area contributed by atoms with Crippen molar-refractivity contribution < 1.29 is 4.79 Å². The standard InChI is InChI=1S/C14H13N3O/c1-2-17(10-8-15)14(18)12-7-3-5-11-6-4-9-16-13(11)12/h3-7,9H,2,10H2,1H3. The van der Waals surface area contributed by atoms with Crippen LogP contribution in [0.2, 0.25) is 0 Å². The number of amides is 1. The van der Waals surface area contributed by atoms with Crippen molar-refractivity contribution in [2.24, 2.45) is 0 Å². The number of nitrogens with zero attached hydrogens (tertiary/aromatic N) is 3. The van der Waals surface area contributed by atoms with Crippen LogP contribution in [0.5, 0.6) is 0 Å². The van der Waals surface area contributed by atoms with Crippen LogP contribution in [0.4, 0.5) is 0 Å². The second-order valence-electron chi connectivity index (χ2n) is 3.86. The van der Waals surface area contributed by atoms with E-state index >= 15 is 0 Å².